The molecule has 0 atom stereocenters. The number of hydrogen-bond donors (Lipinski definition) is 1. The van der Waals surface area contributed by atoms with Crippen molar-refractivity contribution in [1.29, 1.82) is 0 Å². The number of imidazole rings is 1. The van der Waals surface area contributed by atoms with Crippen molar-refractivity contribution in [1.82, 2.24) is 14.9 Å². The molecule has 3 rings (SSSR count). The van der Waals surface area contributed by atoms with Gasteiger partial charge in [-0.1, -0.05) is 36.4 Å². The van der Waals surface area contributed by atoms with Crippen molar-refractivity contribution in [2.45, 2.75) is 6.54 Å². The minimum Gasteiger partial charge on any atom is -0.347 e. The van der Waals surface area contributed by atoms with Gasteiger partial charge in [-0.3, -0.25) is 9.36 Å². The Labute approximate surface area is 127 Å². The second kappa shape index (κ2) is 6.22. The summed E-state index contributed by atoms with van der Waals surface area (Å²) in [5, 5.41) is 2.71. The van der Waals surface area contributed by atoms with Crippen LogP contribution in [0.2, 0.25) is 0 Å². The molecule has 1 heterocycles. The summed E-state index contributed by atoms with van der Waals surface area (Å²) in [7, 11) is 0. The van der Waals surface area contributed by atoms with Crippen molar-refractivity contribution >= 4 is 5.91 Å². The van der Waals surface area contributed by atoms with Crippen molar-refractivity contribution in [2.75, 3.05) is 0 Å². The highest BCUT2D eigenvalue weighted by Gasteiger charge is 2.13. The van der Waals surface area contributed by atoms with E-state index in [4.69, 9.17) is 0 Å². The first-order chi connectivity index (χ1) is 10.8. The second-order valence-electron chi connectivity index (χ2n) is 4.76. The van der Waals surface area contributed by atoms with Crippen LogP contribution in [0.4, 0.5) is 4.39 Å². The van der Waals surface area contributed by atoms with Crippen molar-refractivity contribution in [3.8, 4) is 5.69 Å². The lowest BCUT2D eigenvalue weighted by molar-refractivity contribution is 0.0944. The summed E-state index contributed by atoms with van der Waals surface area (Å²) in [6.07, 6.45) is 3.07. The van der Waals surface area contributed by atoms with Gasteiger partial charge in [-0.2, -0.15) is 0 Å². The number of carbonyl (C=O) groups excluding carboxylic acids is 1. The number of rotatable bonds is 4. The Kier molecular flexibility index (Phi) is 3.96. The van der Waals surface area contributed by atoms with Gasteiger partial charge in [0.2, 0.25) is 0 Å². The number of para-hydroxylation sites is 1. The number of aromatic nitrogens is 2. The number of nitrogens with zero attached hydrogens (tertiary/aromatic N) is 2. The molecule has 0 unspecified atom stereocenters. The third-order valence-corrected chi connectivity index (χ3v) is 3.30. The van der Waals surface area contributed by atoms with Gasteiger partial charge in [0, 0.05) is 17.8 Å². The fraction of sp³-hybridized carbons (Fsp3) is 0.0588. The monoisotopic (exact) mass is 295 g/mol. The molecule has 3 aromatic rings. The van der Waals surface area contributed by atoms with Gasteiger partial charge in [0.15, 0.2) is 0 Å². The van der Waals surface area contributed by atoms with E-state index in [2.05, 4.69) is 10.3 Å². The van der Waals surface area contributed by atoms with Crippen LogP contribution in [0.1, 0.15) is 16.1 Å². The molecule has 4 nitrogen and oxygen atoms in total. The first-order valence-electron chi connectivity index (χ1n) is 6.85. The maximum absolute atomic E-state index is 13.6. The van der Waals surface area contributed by atoms with Crippen LogP contribution < -0.4 is 5.32 Å². The summed E-state index contributed by atoms with van der Waals surface area (Å²) in [4.78, 5) is 16.3. The minimum atomic E-state index is -0.334. The van der Waals surface area contributed by atoms with E-state index in [1.165, 1.54) is 12.3 Å². The van der Waals surface area contributed by atoms with Crippen LogP contribution in [0.5, 0.6) is 0 Å². The molecule has 0 saturated heterocycles. The standard InChI is InChI=1S/C17H14FN3O/c18-15-9-5-4-6-13(15)10-20-17(22)16-11-19-12-21(16)14-7-2-1-3-8-14/h1-9,11-12H,10H2,(H,20,22). The van der Waals surface area contributed by atoms with Crippen molar-refractivity contribution < 1.29 is 9.18 Å². The van der Waals surface area contributed by atoms with Gasteiger partial charge in [-0.05, 0) is 18.2 Å². The van der Waals surface area contributed by atoms with Gasteiger partial charge in [0.25, 0.3) is 5.91 Å². The minimum absolute atomic E-state index is 0.130. The average Bonchev–Trinajstić information content (AvgIpc) is 3.04. The molecular formula is C17H14FN3O. The Morgan fingerprint density at radius 2 is 1.82 bits per heavy atom. The number of halogens is 1. The van der Waals surface area contributed by atoms with Crippen LogP contribution in [0, 0.1) is 5.82 Å². The van der Waals surface area contributed by atoms with Crippen molar-refractivity contribution in [2.24, 2.45) is 0 Å². The Morgan fingerprint density at radius 1 is 1.09 bits per heavy atom. The normalized spacial score (nSPS) is 10.4. The van der Waals surface area contributed by atoms with Gasteiger partial charge in [-0.15, -0.1) is 0 Å². The largest absolute Gasteiger partial charge is 0.347 e. The number of carbonyl (C=O) groups is 1. The first kappa shape index (κ1) is 14.0. The fourth-order valence-corrected chi connectivity index (χ4v) is 2.17. The molecule has 0 spiro atoms. The molecule has 2 aromatic carbocycles. The fourth-order valence-electron chi connectivity index (χ4n) is 2.17. The predicted octanol–water partition coefficient (Wildman–Crippen LogP) is 2.94. The van der Waals surface area contributed by atoms with E-state index in [1.54, 1.807) is 29.1 Å². The highest BCUT2D eigenvalue weighted by Crippen LogP contribution is 2.11. The molecule has 0 aliphatic heterocycles. The SMILES string of the molecule is O=C(NCc1ccccc1F)c1cncn1-c1ccccc1. The number of nitrogens with one attached hydrogen (secondary N) is 1. The Bertz CT molecular complexity index is 783. The van der Waals surface area contributed by atoms with Crippen LogP contribution in [0.15, 0.2) is 67.1 Å². The summed E-state index contributed by atoms with van der Waals surface area (Å²) in [5.41, 5.74) is 1.69. The van der Waals surface area contributed by atoms with Crippen LogP contribution in [0.25, 0.3) is 5.69 Å². The zero-order valence-corrected chi connectivity index (χ0v) is 11.7. The summed E-state index contributed by atoms with van der Waals surface area (Å²) < 4.78 is 15.2. The molecule has 1 amide bonds. The molecular weight excluding hydrogens is 281 g/mol. The van der Waals surface area contributed by atoms with Gasteiger partial charge >= 0.3 is 0 Å². The molecule has 22 heavy (non-hydrogen) atoms. The molecule has 5 heteroatoms. The highest BCUT2D eigenvalue weighted by molar-refractivity contribution is 5.92. The summed E-state index contributed by atoms with van der Waals surface area (Å²) >= 11 is 0. The van der Waals surface area contributed by atoms with E-state index in [1.807, 2.05) is 30.3 Å². The van der Waals surface area contributed by atoms with E-state index >= 15 is 0 Å². The topological polar surface area (TPSA) is 46.9 Å². The number of hydrogen-bond acceptors (Lipinski definition) is 2. The smallest absolute Gasteiger partial charge is 0.270 e. The lowest BCUT2D eigenvalue weighted by Crippen LogP contribution is -2.25. The van der Waals surface area contributed by atoms with Crippen molar-refractivity contribution in [3.05, 3.63) is 84.2 Å². The van der Waals surface area contributed by atoms with E-state index in [0.717, 1.165) is 5.69 Å². The van der Waals surface area contributed by atoms with Gasteiger partial charge in [-0.25, -0.2) is 9.37 Å². The maximum Gasteiger partial charge on any atom is 0.270 e. The zero-order chi connectivity index (χ0) is 15.4. The molecule has 110 valence electrons. The third-order valence-electron chi connectivity index (χ3n) is 3.30. The Morgan fingerprint density at radius 3 is 2.59 bits per heavy atom. The lowest BCUT2D eigenvalue weighted by atomic mass is 10.2. The molecule has 0 radical (unpaired) electrons. The molecule has 1 aromatic heterocycles. The molecule has 0 fully saturated rings. The van der Waals surface area contributed by atoms with E-state index in [-0.39, 0.29) is 18.3 Å². The van der Waals surface area contributed by atoms with Crippen LogP contribution in [-0.4, -0.2) is 15.5 Å². The Balaban J connectivity index is 1.77. The van der Waals surface area contributed by atoms with E-state index < -0.39 is 0 Å². The van der Waals surface area contributed by atoms with Crippen molar-refractivity contribution in [3.63, 3.8) is 0 Å². The Hall–Kier alpha value is -2.95. The first-order valence-corrected chi connectivity index (χ1v) is 6.85. The molecule has 1 N–H and O–H groups in total. The average molecular weight is 295 g/mol. The predicted molar refractivity (Wildman–Crippen MR) is 81.1 cm³/mol. The maximum atomic E-state index is 13.6. The quantitative estimate of drug-likeness (QED) is 0.804. The third kappa shape index (κ3) is 2.88. The van der Waals surface area contributed by atoms with Crippen LogP contribution >= 0.6 is 0 Å². The van der Waals surface area contributed by atoms with Crippen LogP contribution in [-0.2, 0) is 6.54 Å². The molecule has 0 saturated carbocycles. The van der Waals surface area contributed by atoms with E-state index in [0.29, 0.717) is 11.3 Å². The summed E-state index contributed by atoms with van der Waals surface area (Å²) in [5.74, 6) is -0.635. The molecule has 0 aliphatic rings. The van der Waals surface area contributed by atoms with Gasteiger partial charge < -0.3 is 5.32 Å². The van der Waals surface area contributed by atoms with E-state index in [9.17, 15) is 9.18 Å². The zero-order valence-electron chi connectivity index (χ0n) is 11.7. The van der Waals surface area contributed by atoms with Gasteiger partial charge in [0.05, 0.1) is 12.5 Å². The molecule has 0 bridgehead atoms. The highest BCUT2D eigenvalue weighted by atomic mass is 19.1. The lowest BCUT2D eigenvalue weighted by Gasteiger charge is -2.09. The number of benzene rings is 2. The summed E-state index contributed by atoms with van der Waals surface area (Å²) in [6, 6.07) is 15.8. The summed E-state index contributed by atoms with van der Waals surface area (Å²) in [6.45, 7) is 0.130. The van der Waals surface area contributed by atoms with Gasteiger partial charge in [0.1, 0.15) is 11.5 Å². The van der Waals surface area contributed by atoms with Crippen LogP contribution in [0.3, 0.4) is 0 Å². The molecule has 0 aliphatic carbocycles. The number of amides is 1. The second-order valence-corrected chi connectivity index (χ2v) is 4.76.